The number of anilines is 1. The minimum atomic E-state index is -0.268. The van der Waals surface area contributed by atoms with Crippen molar-refractivity contribution in [3.8, 4) is 28.5 Å². The smallest absolute Gasteiger partial charge is 0.255 e. The van der Waals surface area contributed by atoms with Gasteiger partial charge in [0.25, 0.3) is 5.91 Å². The maximum Gasteiger partial charge on any atom is 0.255 e. The van der Waals surface area contributed by atoms with Crippen LogP contribution in [0.3, 0.4) is 0 Å². The lowest BCUT2D eigenvalue weighted by atomic mass is 10.1. The number of aromatic amines is 1. The van der Waals surface area contributed by atoms with E-state index in [4.69, 9.17) is 16.3 Å². The van der Waals surface area contributed by atoms with Gasteiger partial charge in [0.15, 0.2) is 0 Å². The molecular weight excluding hydrogens is 400 g/mol. The van der Waals surface area contributed by atoms with Crippen LogP contribution in [0.5, 0.6) is 5.88 Å². The Bertz CT molecular complexity index is 1170. The molecule has 0 aliphatic rings. The van der Waals surface area contributed by atoms with Gasteiger partial charge < -0.3 is 15.0 Å². The number of pyridine rings is 1. The predicted molar refractivity (Wildman–Crippen MR) is 118 cm³/mol. The number of nitrogens with one attached hydrogen (secondary N) is 2. The van der Waals surface area contributed by atoms with Crippen LogP contribution >= 0.6 is 11.6 Å². The third-order valence-corrected chi connectivity index (χ3v) is 4.76. The molecule has 0 radical (unpaired) electrons. The summed E-state index contributed by atoms with van der Waals surface area (Å²) in [6.07, 6.45) is 3.31. The highest BCUT2D eigenvalue weighted by molar-refractivity contribution is 6.33. The first-order chi connectivity index (χ1) is 14.6. The monoisotopic (exact) mass is 418 g/mol. The van der Waals surface area contributed by atoms with Crippen LogP contribution in [0.4, 0.5) is 5.69 Å². The number of carbonyl (C=O) groups excluding carboxylic acids is 1. The summed E-state index contributed by atoms with van der Waals surface area (Å²) in [5, 5.41) is 3.41. The average Bonchev–Trinajstić information content (AvgIpc) is 3.26. The topological polar surface area (TPSA) is 79.9 Å². The standard InChI is InChI=1S/C23H19ClN4O2/c1-2-30-21-12-16(10-11-25-21)23(29)27-17-8-9-19(24)18(13-17)22-26-14-20(28-22)15-6-4-3-5-7-15/h3-14H,2H2,1H3,(H,26,28)(H,27,29). The van der Waals surface area contributed by atoms with Gasteiger partial charge in [0, 0.05) is 29.1 Å². The molecule has 2 heterocycles. The number of benzene rings is 2. The van der Waals surface area contributed by atoms with Crippen molar-refractivity contribution in [2.24, 2.45) is 0 Å². The first-order valence-electron chi connectivity index (χ1n) is 9.44. The summed E-state index contributed by atoms with van der Waals surface area (Å²) in [7, 11) is 0. The molecule has 0 bridgehead atoms. The zero-order valence-electron chi connectivity index (χ0n) is 16.2. The maximum absolute atomic E-state index is 12.6. The number of ether oxygens (including phenoxy) is 1. The highest BCUT2D eigenvalue weighted by atomic mass is 35.5. The van der Waals surface area contributed by atoms with Gasteiger partial charge in [-0.1, -0.05) is 41.9 Å². The van der Waals surface area contributed by atoms with Gasteiger partial charge in [0.1, 0.15) is 5.82 Å². The van der Waals surface area contributed by atoms with Crippen molar-refractivity contribution in [2.75, 3.05) is 11.9 Å². The molecule has 2 aromatic carbocycles. The number of halogens is 1. The molecule has 4 rings (SSSR count). The molecule has 2 aromatic heterocycles. The Morgan fingerprint density at radius 1 is 1.10 bits per heavy atom. The molecule has 0 saturated carbocycles. The first-order valence-corrected chi connectivity index (χ1v) is 9.82. The third kappa shape index (κ3) is 4.34. The van der Waals surface area contributed by atoms with E-state index in [0.29, 0.717) is 40.1 Å². The molecule has 30 heavy (non-hydrogen) atoms. The Kier molecular flexibility index (Phi) is 5.77. The molecule has 2 N–H and O–H groups in total. The largest absolute Gasteiger partial charge is 0.478 e. The van der Waals surface area contributed by atoms with E-state index < -0.39 is 0 Å². The highest BCUT2D eigenvalue weighted by Gasteiger charge is 2.13. The van der Waals surface area contributed by atoms with Crippen LogP contribution in [0.2, 0.25) is 5.02 Å². The average molecular weight is 419 g/mol. The van der Waals surface area contributed by atoms with Gasteiger partial charge in [-0.3, -0.25) is 4.79 Å². The summed E-state index contributed by atoms with van der Waals surface area (Å²) in [6.45, 7) is 2.34. The number of amides is 1. The van der Waals surface area contributed by atoms with Crippen molar-refractivity contribution in [3.05, 3.63) is 83.6 Å². The molecular formula is C23H19ClN4O2. The van der Waals surface area contributed by atoms with Gasteiger partial charge in [-0.25, -0.2) is 9.97 Å². The van der Waals surface area contributed by atoms with E-state index in [1.165, 1.54) is 0 Å². The lowest BCUT2D eigenvalue weighted by Crippen LogP contribution is -2.12. The fraction of sp³-hybridized carbons (Fsp3) is 0.0870. The molecule has 0 unspecified atom stereocenters. The molecule has 0 aliphatic carbocycles. The van der Waals surface area contributed by atoms with E-state index in [9.17, 15) is 4.79 Å². The molecule has 0 saturated heterocycles. The lowest BCUT2D eigenvalue weighted by Gasteiger charge is -2.09. The maximum atomic E-state index is 12.6. The predicted octanol–water partition coefficient (Wildman–Crippen LogP) is 5.44. The lowest BCUT2D eigenvalue weighted by molar-refractivity contribution is 0.102. The Hall–Kier alpha value is -3.64. The number of rotatable bonds is 6. The molecule has 0 atom stereocenters. The van der Waals surface area contributed by atoms with E-state index in [1.54, 1.807) is 42.7 Å². The van der Waals surface area contributed by atoms with Crippen LogP contribution in [0.15, 0.2) is 73.1 Å². The van der Waals surface area contributed by atoms with Gasteiger partial charge >= 0.3 is 0 Å². The number of hydrogen-bond donors (Lipinski definition) is 2. The fourth-order valence-electron chi connectivity index (χ4n) is 2.99. The van der Waals surface area contributed by atoms with Crippen LogP contribution < -0.4 is 10.1 Å². The number of H-pyrrole nitrogens is 1. The van der Waals surface area contributed by atoms with Crippen molar-refractivity contribution >= 4 is 23.2 Å². The van der Waals surface area contributed by atoms with Crippen LogP contribution in [0.1, 0.15) is 17.3 Å². The molecule has 1 amide bonds. The van der Waals surface area contributed by atoms with Crippen LogP contribution in [0, 0.1) is 0 Å². The van der Waals surface area contributed by atoms with Crippen molar-refractivity contribution in [3.63, 3.8) is 0 Å². The summed E-state index contributed by atoms with van der Waals surface area (Å²) in [4.78, 5) is 24.5. The van der Waals surface area contributed by atoms with Gasteiger partial charge in [0.05, 0.1) is 23.5 Å². The minimum Gasteiger partial charge on any atom is -0.478 e. The van der Waals surface area contributed by atoms with Crippen molar-refractivity contribution in [2.45, 2.75) is 6.92 Å². The zero-order chi connectivity index (χ0) is 20.9. The number of nitrogens with zero attached hydrogens (tertiary/aromatic N) is 2. The normalized spacial score (nSPS) is 10.6. The van der Waals surface area contributed by atoms with Crippen molar-refractivity contribution < 1.29 is 9.53 Å². The van der Waals surface area contributed by atoms with Crippen LogP contribution in [0.25, 0.3) is 22.6 Å². The minimum absolute atomic E-state index is 0.268. The Labute approximate surface area is 178 Å². The summed E-state index contributed by atoms with van der Waals surface area (Å²) >= 11 is 6.40. The van der Waals surface area contributed by atoms with Crippen LogP contribution in [-0.4, -0.2) is 27.5 Å². The van der Waals surface area contributed by atoms with E-state index in [0.717, 1.165) is 11.3 Å². The van der Waals surface area contributed by atoms with Gasteiger partial charge in [0.2, 0.25) is 5.88 Å². The molecule has 0 spiro atoms. The van der Waals surface area contributed by atoms with Crippen molar-refractivity contribution in [1.29, 1.82) is 0 Å². The summed E-state index contributed by atoms with van der Waals surface area (Å²) in [5.74, 6) is 0.763. The molecule has 150 valence electrons. The third-order valence-electron chi connectivity index (χ3n) is 4.43. The van der Waals surface area contributed by atoms with Crippen molar-refractivity contribution in [1.82, 2.24) is 15.0 Å². The zero-order valence-corrected chi connectivity index (χ0v) is 17.0. The summed E-state index contributed by atoms with van der Waals surface area (Å²) in [5.41, 5.74) is 3.67. The van der Waals surface area contributed by atoms with E-state index in [1.807, 2.05) is 37.3 Å². The van der Waals surface area contributed by atoms with Gasteiger partial charge in [-0.05, 0) is 36.8 Å². The fourth-order valence-corrected chi connectivity index (χ4v) is 3.19. The molecule has 0 aliphatic heterocycles. The SMILES string of the molecule is CCOc1cc(C(=O)Nc2ccc(Cl)c(-c3ncc(-c4ccccc4)[nH]3)c2)ccn1. The second-order valence-corrected chi connectivity index (χ2v) is 6.88. The Balaban J connectivity index is 1.57. The number of carbonyl (C=O) groups is 1. The van der Waals surface area contributed by atoms with Gasteiger partial charge in [-0.2, -0.15) is 0 Å². The summed E-state index contributed by atoms with van der Waals surface area (Å²) in [6, 6.07) is 18.4. The Morgan fingerprint density at radius 2 is 1.93 bits per heavy atom. The first kappa shape index (κ1) is 19.7. The van der Waals surface area contributed by atoms with Crippen LogP contribution in [-0.2, 0) is 0 Å². The second kappa shape index (κ2) is 8.80. The number of aromatic nitrogens is 3. The Morgan fingerprint density at radius 3 is 2.73 bits per heavy atom. The van der Waals surface area contributed by atoms with E-state index in [-0.39, 0.29) is 5.91 Å². The van der Waals surface area contributed by atoms with Gasteiger partial charge in [-0.15, -0.1) is 0 Å². The molecule has 0 fully saturated rings. The second-order valence-electron chi connectivity index (χ2n) is 6.48. The molecule has 6 nitrogen and oxygen atoms in total. The number of imidazole rings is 1. The molecule has 4 aromatic rings. The van der Waals surface area contributed by atoms with E-state index >= 15 is 0 Å². The van der Waals surface area contributed by atoms with E-state index in [2.05, 4.69) is 20.3 Å². The molecule has 7 heteroatoms. The number of hydrogen-bond acceptors (Lipinski definition) is 4. The quantitative estimate of drug-likeness (QED) is 0.436. The highest BCUT2D eigenvalue weighted by Crippen LogP contribution is 2.30. The summed E-state index contributed by atoms with van der Waals surface area (Å²) < 4.78 is 5.36.